The van der Waals surface area contributed by atoms with Crippen LogP contribution in [0, 0.1) is 0 Å². The number of nitrogens with zero attached hydrogens (tertiary/aromatic N) is 1. The van der Waals surface area contributed by atoms with Gasteiger partial charge in [-0.15, -0.1) is 0 Å². The van der Waals surface area contributed by atoms with Gasteiger partial charge in [0.25, 0.3) is 10.0 Å². The Morgan fingerprint density at radius 3 is 2.62 bits per heavy atom. The first-order valence-corrected chi connectivity index (χ1v) is 9.81. The summed E-state index contributed by atoms with van der Waals surface area (Å²) in [4.78, 5) is 12.1. The third kappa shape index (κ3) is 2.98. The molecule has 0 radical (unpaired) electrons. The molecule has 0 aromatic heterocycles. The average Bonchev–Trinajstić information content (AvgIpc) is 2.78. The van der Waals surface area contributed by atoms with Crippen molar-refractivity contribution < 1.29 is 13.2 Å². The molecule has 0 unspecified atom stereocenters. The fraction of sp³-hybridized carbons (Fsp3) is 0.389. The van der Waals surface area contributed by atoms with Crippen LogP contribution in [0.4, 0.5) is 5.69 Å². The highest BCUT2D eigenvalue weighted by atomic mass is 32.2. The summed E-state index contributed by atoms with van der Waals surface area (Å²) >= 11 is 0. The van der Waals surface area contributed by atoms with E-state index in [1.54, 1.807) is 12.1 Å². The molecule has 1 heterocycles. The van der Waals surface area contributed by atoms with Crippen LogP contribution in [0.25, 0.3) is 10.8 Å². The van der Waals surface area contributed by atoms with Crippen molar-refractivity contribution in [3.63, 3.8) is 0 Å². The highest BCUT2D eigenvalue weighted by Crippen LogP contribution is 2.41. The molecule has 5 nitrogen and oxygen atoms in total. The van der Waals surface area contributed by atoms with E-state index in [-0.39, 0.29) is 5.91 Å². The van der Waals surface area contributed by atoms with Crippen molar-refractivity contribution in [3.05, 3.63) is 36.4 Å². The lowest BCUT2D eigenvalue weighted by Gasteiger charge is -2.18. The highest BCUT2D eigenvalue weighted by molar-refractivity contribution is 7.93. The third-order valence-corrected chi connectivity index (χ3v) is 6.15. The summed E-state index contributed by atoms with van der Waals surface area (Å²) in [5.74, 6) is -0.0178. The number of sulfonamides is 1. The van der Waals surface area contributed by atoms with E-state index in [4.69, 9.17) is 0 Å². The molecule has 24 heavy (non-hydrogen) atoms. The number of carbonyl (C=O) groups excluding carboxylic acids is 1. The van der Waals surface area contributed by atoms with Crippen molar-refractivity contribution in [1.82, 2.24) is 5.32 Å². The van der Waals surface area contributed by atoms with Gasteiger partial charge in [0, 0.05) is 24.9 Å². The Hall–Kier alpha value is -2.08. The predicted molar refractivity (Wildman–Crippen MR) is 95.6 cm³/mol. The number of rotatable bonds is 7. The van der Waals surface area contributed by atoms with Crippen molar-refractivity contribution in [2.24, 2.45) is 0 Å². The fourth-order valence-electron chi connectivity index (χ4n) is 3.08. The number of amides is 1. The van der Waals surface area contributed by atoms with Crippen LogP contribution in [-0.2, 0) is 14.8 Å². The minimum Gasteiger partial charge on any atom is -0.356 e. The van der Waals surface area contributed by atoms with Gasteiger partial charge in [0.2, 0.25) is 5.91 Å². The summed E-state index contributed by atoms with van der Waals surface area (Å²) < 4.78 is 27.0. The summed E-state index contributed by atoms with van der Waals surface area (Å²) in [6.07, 6.45) is 2.84. The average molecular weight is 346 g/mol. The molecule has 6 heteroatoms. The topological polar surface area (TPSA) is 66.5 Å². The number of unbranched alkanes of at least 4 members (excludes halogenated alkanes) is 1. The number of hydrogen-bond acceptors (Lipinski definition) is 3. The second-order valence-electron chi connectivity index (χ2n) is 6.02. The van der Waals surface area contributed by atoms with Crippen molar-refractivity contribution >= 4 is 32.4 Å². The summed E-state index contributed by atoms with van der Waals surface area (Å²) in [5, 5.41) is 4.57. The van der Waals surface area contributed by atoms with Crippen LogP contribution in [0.2, 0.25) is 0 Å². The van der Waals surface area contributed by atoms with E-state index >= 15 is 0 Å². The molecule has 0 saturated heterocycles. The first-order valence-electron chi connectivity index (χ1n) is 8.37. The van der Waals surface area contributed by atoms with E-state index in [0.29, 0.717) is 30.8 Å². The Kier molecular flexibility index (Phi) is 4.76. The Morgan fingerprint density at radius 1 is 1.12 bits per heavy atom. The molecular formula is C18H22N2O3S. The van der Waals surface area contributed by atoms with Crippen LogP contribution in [0.1, 0.15) is 32.6 Å². The second-order valence-corrected chi connectivity index (χ2v) is 7.85. The lowest BCUT2D eigenvalue weighted by Crippen LogP contribution is -2.30. The number of nitrogens with one attached hydrogen (secondary N) is 1. The maximum atomic E-state index is 12.8. The zero-order valence-electron chi connectivity index (χ0n) is 13.8. The fourth-order valence-corrected chi connectivity index (χ4v) is 4.82. The quantitative estimate of drug-likeness (QED) is 0.784. The smallest absolute Gasteiger partial charge is 0.265 e. The summed E-state index contributed by atoms with van der Waals surface area (Å²) in [5.41, 5.74) is 0.717. The molecule has 0 bridgehead atoms. The number of anilines is 1. The monoisotopic (exact) mass is 346 g/mol. The van der Waals surface area contributed by atoms with Crippen LogP contribution < -0.4 is 9.62 Å². The molecule has 0 fully saturated rings. The maximum Gasteiger partial charge on any atom is 0.265 e. The Bertz CT molecular complexity index is 856. The predicted octanol–water partition coefficient (Wildman–Crippen LogP) is 3.05. The Balaban J connectivity index is 1.72. The highest BCUT2D eigenvalue weighted by Gasteiger charge is 2.34. The molecule has 1 amide bonds. The lowest BCUT2D eigenvalue weighted by atomic mass is 10.1. The third-order valence-electron chi connectivity index (χ3n) is 4.30. The van der Waals surface area contributed by atoms with Crippen molar-refractivity contribution in [2.75, 3.05) is 17.4 Å². The van der Waals surface area contributed by atoms with Crippen LogP contribution in [-0.4, -0.2) is 27.4 Å². The van der Waals surface area contributed by atoms with Crippen LogP contribution >= 0.6 is 0 Å². The van der Waals surface area contributed by atoms with Gasteiger partial charge in [0.1, 0.15) is 0 Å². The zero-order chi connectivity index (χ0) is 17.2. The molecule has 0 saturated carbocycles. The summed E-state index contributed by atoms with van der Waals surface area (Å²) in [6.45, 7) is 3.07. The van der Waals surface area contributed by atoms with Gasteiger partial charge < -0.3 is 5.32 Å². The molecule has 1 aliphatic heterocycles. The normalized spacial score (nSPS) is 15.0. The van der Waals surface area contributed by atoms with E-state index in [1.807, 2.05) is 24.3 Å². The largest absolute Gasteiger partial charge is 0.356 e. The zero-order valence-corrected chi connectivity index (χ0v) is 14.6. The standard InChI is InChI=1S/C18H22N2O3S/c1-2-3-12-19-17(21)11-6-13-20-15-9-4-7-14-8-5-10-16(18(14)15)24(20,22)23/h4-5,7-10H,2-3,6,11-13H2,1H3,(H,19,21). The van der Waals surface area contributed by atoms with Gasteiger partial charge in [-0.2, -0.15) is 0 Å². The van der Waals surface area contributed by atoms with Gasteiger partial charge >= 0.3 is 0 Å². The molecule has 2 aromatic rings. The van der Waals surface area contributed by atoms with E-state index in [0.717, 1.165) is 29.3 Å². The van der Waals surface area contributed by atoms with Gasteiger partial charge in [0.05, 0.1) is 10.6 Å². The number of carbonyl (C=O) groups is 1. The molecule has 0 spiro atoms. The van der Waals surface area contributed by atoms with Gasteiger partial charge in [-0.25, -0.2) is 8.42 Å². The van der Waals surface area contributed by atoms with Crippen molar-refractivity contribution in [1.29, 1.82) is 0 Å². The van der Waals surface area contributed by atoms with Crippen molar-refractivity contribution in [3.8, 4) is 0 Å². The Labute approximate surface area is 142 Å². The molecule has 1 N–H and O–H groups in total. The molecule has 0 atom stereocenters. The molecule has 1 aliphatic rings. The van der Waals surface area contributed by atoms with Crippen LogP contribution in [0.3, 0.4) is 0 Å². The van der Waals surface area contributed by atoms with Gasteiger partial charge in [0.15, 0.2) is 0 Å². The minimum absolute atomic E-state index is 0.0178. The van der Waals surface area contributed by atoms with Crippen LogP contribution in [0.5, 0.6) is 0 Å². The summed E-state index contributed by atoms with van der Waals surface area (Å²) in [7, 11) is -3.52. The van der Waals surface area contributed by atoms with E-state index in [2.05, 4.69) is 12.2 Å². The molecule has 3 rings (SSSR count). The molecule has 128 valence electrons. The van der Waals surface area contributed by atoms with E-state index in [1.165, 1.54) is 4.31 Å². The maximum absolute atomic E-state index is 12.8. The van der Waals surface area contributed by atoms with E-state index < -0.39 is 10.0 Å². The first kappa shape index (κ1) is 16.8. The van der Waals surface area contributed by atoms with Crippen molar-refractivity contribution in [2.45, 2.75) is 37.5 Å². The molecule has 2 aromatic carbocycles. The van der Waals surface area contributed by atoms with Gasteiger partial charge in [-0.05, 0) is 30.4 Å². The molecular weight excluding hydrogens is 324 g/mol. The van der Waals surface area contributed by atoms with Gasteiger partial charge in [-0.3, -0.25) is 9.10 Å². The molecule has 0 aliphatic carbocycles. The van der Waals surface area contributed by atoms with Crippen LogP contribution in [0.15, 0.2) is 41.3 Å². The van der Waals surface area contributed by atoms with E-state index in [9.17, 15) is 13.2 Å². The minimum atomic E-state index is -3.52. The lowest BCUT2D eigenvalue weighted by molar-refractivity contribution is -0.121. The first-order chi connectivity index (χ1) is 11.6. The van der Waals surface area contributed by atoms with Gasteiger partial charge in [-0.1, -0.05) is 37.6 Å². The Morgan fingerprint density at radius 2 is 1.88 bits per heavy atom. The second kappa shape index (κ2) is 6.81. The summed E-state index contributed by atoms with van der Waals surface area (Å²) in [6, 6.07) is 11.0. The SMILES string of the molecule is CCCCNC(=O)CCCN1c2cccc3cccc(c23)S1(=O)=O. The number of hydrogen-bond donors (Lipinski definition) is 1. The number of benzene rings is 2.